The maximum atomic E-state index is 13.2. The lowest BCUT2D eigenvalue weighted by Gasteiger charge is -2.39. The quantitative estimate of drug-likeness (QED) is 0.745. The number of carbonyl (C=O) groups is 2. The predicted octanol–water partition coefficient (Wildman–Crippen LogP) is 0.686. The van der Waals surface area contributed by atoms with Gasteiger partial charge in [-0.25, -0.2) is 14.2 Å². The van der Waals surface area contributed by atoms with Crippen LogP contribution in [0.2, 0.25) is 0 Å². The fourth-order valence-corrected chi connectivity index (χ4v) is 3.46. The van der Waals surface area contributed by atoms with Crippen molar-refractivity contribution in [2.45, 2.75) is 31.8 Å². The van der Waals surface area contributed by atoms with E-state index in [2.05, 4.69) is 21.1 Å². The van der Waals surface area contributed by atoms with Crippen LogP contribution in [0, 0.1) is 17.6 Å². The molecule has 2 atom stereocenters. The van der Waals surface area contributed by atoms with E-state index >= 15 is 0 Å². The molecule has 2 aliphatic heterocycles. The van der Waals surface area contributed by atoms with Gasteiger partial charge in [-0.15, -0.1) is 0 Å². The first-order valence-electron chi connectivity index (χ1n) is 8.49. The van der Waals surface area contributed by atoms with E-state index in [1.54, 1.807) is 0 Å². The summed E-state index contributed by atoms with van der Waals surface area (Å²) in [5.74, 6) is -1.66. The molecule has 0 aromatic heterocycles. The van der Waals surface area contributed by atoms with Crippen molar-refractivity contribution < 1.29 is 18.4 Å². The van der Waals surface area contributed by atoms with Crippen molar-refractivity contribution in [1.29, 1.82) is 0 Å². The molecule has 2 unspecified atom stereocenters. The monoisotopic (exact) mass is 352 g/mol. The number of hydrogen-bond donors (Lipinski definition) is 3. The molecule has 6 nitrogen and oxygen atoms in total. The highest BCUT2D eigenvalue weighted by Gasteiger charge is 2.32. The number of rotatable bonds is 4. The van der Waals surface area contributed by atoms with Gasteiger partial charge in [-0.2, -0.15) is 0 Å². The van der Waals surface area contributed by atoms with Gasteiger partial charge < -0.3 is 5.32 Å². The van der Waals surface area contributed by atoms with Crippen molar-refractivity contribution in [2.24, 2.45) is 5.92 Å². The molecule has 8 heteroatoms. The summed E-state index contributed by atoms with van der Waals surface area (Å²) in [7, 11) is 0. The summed E-state index contributed by atoms with van der Waals surface area (Å²) >= 11 is 0. The smallest absolute Gasteiger partial charge is 0.235 e. The molecule has 2 aliphatic rings. The van der Waals surface area contributed by atoms with Crippen LogP contribution in [0.15, 0.2) is 18.2 Å². The number of nitrogens with one attached hydrogen (secondary N) is 3. The van der Waals surface area contributed by atoms with Gasteiger partial charge in [0.25, 0.3) is 0 Å². The lowest BCUT2D eigenvalue weighted by atomic mass is 9.94. The first-order valence-corrected chi connectivity index (χ1v) is 8.49. The maximum absolute atomic E-state index is 13.2. The van der Waals surface area contributed by atoms with Crippen molar-refractivity contribution >= 4 is 11.8 Å². The number of hydrogen-bond acceptors (Lipinski definition) is 4. The largest absolute Gasteiger partial charge is 0.352 e. The van der Waals surface area contributed by atoms with Gasteiger partial charge in [-0.3, -0.25) is 19.9 Å². The highest BCUT2D eigenvalue weighted by molar-refractivity contribution is 5.79. The molecule has 3 rings (SSSR count). The van der Waals surface area contributed by atoms with E-state index < -0.39 is 11.6 Å². The van der Waals surface area contributed by atoms with Crippen LogP contribution in [0.4, 0.5) is 8.78 Å². The summed E-state index contributed by atoms with van der Waals surface area (Å²) in [5, 5.41) is 2.76. The predicted molar refractivity (Wildman–Crippen MR) is 87.1 cm³/mol. The van der Waals surface area contributed by atoms with Crippen molar-refractivity contribution in [2.75, 3.05) is 19.6 Å². The summed E-state index contributed by atoms with van der Waals surface area (Å²) < 4.78 is 26.4. The van der Waals surface area contributed by atoms with Gasteiger partial charge in [0.2, 0.25) is 11.8 Å². The van der Waals surface area contributed by atoms with Gasteiger partial charge in [0, 0.05) is 38.2 Å². The van der Waals surface area contributed by atoms with Crippen LogP contribution in [0.5, 0.6) is 0 Å². The summed E-state index contributed by atoms with van der Waals surface area (Å²) in [6.07, 6.45) is 2.07. The van der Waals surface area contributed by atoms with E-state index in [0.29, 0.717) is 25.1 Å². The molecule has 2 saturated heterocycles. The molecular weight excluding hydrogens is 330 g/mol. The molecule has 1 aromatic rings. The lowest BCUT2D eigenvalue weighted by Crippen LogP contribution is -2.57. The van der Waals surface area contributed by atoms with Crippen LogP contribution in [-0.4, -0.2) is 42.4 Å². The van der Waals surface area contributed by atoms with Crippen LogP contribution in [0.25, 0.3) is 0 Å². The fourth-order valence-electron chi connectivity index (χ4n) is 3.46. The molecule has 2 fully saturated rings. The zero-order valence-electron chi connectivity index (χ0n) is 13.9. The molecule has 0 aliphatic carbocycles. The van der Waals surface area contributed by atoms with Crippen LogP contribution < -0.4 is 16.2 Å². The van der Waals surface area contributed by atoms with Crippen molar-refractivity contribution in [3.63, 3.8) is 0 Å². The maximum Gasteiger partial charge on any atom is 0.235 e. The molecular formula is C17H22F2N4O2. The number of halogens is 2. The molecule has 3 N–H and O–H groups in total. The zero-order chi connectivity index (χ0) is 17.8. The van der Waals surface area contributed by atoms with Crippen LogP contribution in [0.3, 0.4) is 0 Å². The normalized spacial score (nSPS) is 24.6. The minimum absolute atomic E-state index is 0.0454. The summed E-state index contributed by atoms with van der Waals surface area (Å²) in [4.78, 5) is 26.1. The Hall–Kier alpha value is -2.06. The molecule has 136 valence electrons. The van der Waals surface area contributed by atoms with Gasteiger partial charge in [-0.05, 0) is 37.1 Å². The number of piperidine rings is 1. The van der Waals surface area contributed by atoms with Crippen molar-refractivity contribution in [3.8, 4) is 0 Å². The minimum atomic E-state index is -0.656. The third-order valence-electron chi connectivity index (χ3n) is 4.72. The Morgan fingerprint density at radius 3 is 2.76 bits per heavy atom. The van der Waals surface area contributed by atoms with E-state index in [0.717, 1.165) is 25.5 Å². The molecule has 2 heterocycles. The average molecular weight is 352 g/mol. The summed E-state index contributed by atoms with van der Waals surface area (Å²) in [6, 6.07) is 3.31. The van der Waals surface area contributed by atoms with E-state index in [9.17, 15) is 18.4 Å². The molecule has 25 heavy (non-hydrogen) atoms. The second-order valence-corrected chi connectivity index (χ2v) is 6.62. The number of likely N-dealkylation sites (tertiary alicyclic amines) is 1. The summed E-state index contributed by atoms with van der Waals surface area (Å²) in [6.45, 7) is 2.20. The van der Waals surface area contributed by atoms with E-state index in [1.807, 2.05) is 0 Å². The third kappa shape index (κ3) is 4.73. The topological polar surface area (TPSA) is 73.5 Å². The van der Waals surface area contributed by atoms with Crippen molar-refractivity contribution in [1.82, 2.24) is 21.1 Å². The highest BCUT2D eigenvalue weighted by Crippen LogP contribution is 2.21. The first kappa shape index (κ1) is 17.8. The van der Waals surface area contributed by atoms with Gasteiger partial charge in [0.15, 0.2) is 0 Å². The first-order chi connectivity index (χ1) is 12.0. The van der Waals surface area contributed by atoms with Crippen LogP contribution in [-0.2, 0) is 16.1 Å². The van der Waals surface area contributed by atoms with Gasteiger partial charge >= 0.3 is 0 Å². The number of amides is 2. The molecule has 0 radical (unpaired) electrons. The Labute approximate surface area is 144 Å². The minimum Gasteiger partial charge on any atom is -0.352 e. The van der Waals surface area contributed by atoms with Gasteiger partial charge in [0.05, 0.1) is 5.92 Å². The number of nitrogens with zero attached hydrogens (tertiary/aromatic N) is 1. The number of carbonyl (C=O) groups excluding carboxylic acids is 2. The van der Waals surface area contributed by atoms with E-state index in [4.69, 9.17) is 0 Å². The van der Waals surface area contributed by atoms with Gasteiger partial charge in [-0.1, -0.05) is 0 Å². The Balaban J connectivity index is 1.53. The standard InChI is InChI=1S/C17H22F2N4O2/c18-13-4-11(5-14(19)6-13)8-20-17(25)12-2-1-3-23(10-12)15-7-16(24)22-21-9-15/h4-6,12,15,21H,1-3,7-10H2,(H,20,25)(H,22,24). The summed E-state index contributed by atoms with van der Waals surface area (Å²) in [5.41, 5.74) is 5.84. The molecule has 0 bridgehead atoms. The SMILES string of the molecule is O=C1CC(N2CCCC(C(=O)NCc3cc(F)cc(F)c3)C2)CNN1. The molecule has 2 amide bonds. The van der Waals surface area contributed by atoms with Gasteiger partial charge in [0.1, 0.15) is 11.6 Å². The fraction of sp³-hybridized carbons (Fsp3) is 0.529. The second kappa shape index (κ2) is 7.88. The average Bonchev–Trinajstić information content (AvgIpc) is 2.59. The Morgan fingerprint density at radius 2 is 2.04 bits per heavy atom. The third-order valence-corrected chi connectivity index (χ3v) is 4.72. The van der Waals surface area contributed by atoms with E-state index in [1.165, 1.54) is 12.1 Å². The Bertz CT molecular complexity index is 635. The lowest BCUT2D eigenvalue weighted by molar-refractivity contribution is -0.128. The number of benzene rings is 1. The Morgan fingerprint density at radius 1 is 1.28 bits per heavy atom. The van der Waals surface area contributed by atoms with Crippen molar-refractivity contribution in [3.05, 3.63) is 35.4 Å². The molecule has 0 saturated carbocycles. The second-order valence-electron chi connectivity index (χ2n) is 6.62. The Kier molecular flexibility index (Phi) is 5.60. The zero-order valence-corrected chi connectivity index (χ0v) is 13.9. The number of hydrazine groups is 1. The van der Waals surface area contributed by atoms with Crippen LogP contribution in [0.1, 0.15) is 24.8 Å². The molecule has 0 spiro atoms. The highest BCUT2D eigenvalue weighted by atomic mass is 19.1. The molecule has 1 aromatic carbocycles. The van der Waals surface area contributed by atoms with Crippen LogP contribution >= 0.6 is 0 Å². The van der Waals surface area contributed by atoms with E-state index in [-0.39, 0.29) is 30.3 Å².